The zero-order chi connectivity index (χ0) is 41.5. The zero-order valence-corrected chi connectivity index (χ0v) is 31.5. The molecule has 310 valence electrons. The molecule has 1 aliphatic rings. The van der Waals surface area contributed by atoms with E-state index in [4.69, 9.17) is 19.5 Å². The van der Waals surface area contributed by atoms with Gasteiger partial charge >= 0.3 is 29.4 Å². The number of rotatable bonds is 20. The second-order valence-electron chi connectivity index (χ2n) is 12.0. The van der Waals surface area contributed by atoms with Crippen LogP contribution in [0.4, 0.5) is 5.82 Å². The van der Waals surface area contributed by atoms with Crippen molar-refractivity contribution in [2.24, 2.45) is 5.41 Å². The molecule has 10 N–H and O–H groups in total. The first-order chi connectivity index (χ1) is 25.3. The summed E-state index contributed by atoms with van der Waals surface area (Å²) in [5.41, 5.74) is 3.40. The van der Waals surface area contributed by atoms with Crippen LogP contribution in [0, 0.1) is 15.8 Å². The highest BCUT2D eigenvalue weighted by molar-refractivity contribution is 7.61. The number of nitrogens with one attached hydrogen (secondary N) is 2. The average Bonchev–Trinajstić information content (AvgIpc) is 3.64. The van der Waals surface area contributed by atoms with Gasteiger partial charge in [-0.25, -0.2) is 33.4 Å². The number of nitrogens with two attached hydrogens (primary N) is 1. The number of hydrogen-bond acceptors (Lipinski definition) is 20. The Hall–Kier alpha value is -3.72. The standard InChI is InChI=1S/C24H38N8O20P3/c1-12(32(38)39)23(37)47-7-6-26-14(33)4-5-27-21(36)18(35)24(2,3)9-49-55(45,46)52-54(43,44)48-8-13-17(51-53(40,41)42)16(34)22(50-13)31-11-30-15-19(25)28-10-29-20(15)31/h10-11,13,16-18,22,34-35H,4-9H2,1-3H3,(H8-,25,26,27,28,29,33,36,37,38,39,40,41,42,43,44,45,46)/q-1/t13-,16-,17-,18+,22-/m1/s1. The van der Waals surface area contributed by atoms with Gasteiger partial charge in [0.2, 0.25) is 11.8 Å². The van der Waals surface area contributed by atoms with E-state index in [-0.39, 0.29) is 43.1 Å². The number of esters is 1. The normalized spacial score (nSPS) is 21.6. The van der Waals surface area contributed by atoms with E-state index in [1.807, 2.05) is 0 Å². The number of nitrogen functional groups attached to an aromatic ring is 1. The van der Waals surface area contributed by atoms with Crippen LogP contribution in [0.3, 0.4) is 0 Å². The second-order valence-corrected chi connectivity index (χ2v) is 16.3. The van der Waals surface area contributed by atoms with E-state index in [1.165, 1.54) is 13.8 Å². The van der Waals surface area contributed by atoms with Crippen LogP contribution >= 0.6 is 23.5 Å². The van der Waals surface area contributed by atoms with Crippen molar-refractivity contribution in [1.82, 2.24) is 30.2 Å². The number of anilines is 1. The van der Waals surface area contributed by atoms with Gasteiger partial charge in [-0.2, -0.15) is 9.21 Å². The summed E-state index contributed by atoms with van der Waals surface area (Å²) in [7, 11) is -16.5. The Balaban J connectivity index is 1.51. The molecule has 2 aromatic heterocycles. The molecule has 31 heteroatoms. The van der Waals surface area contributed by atoms with E-state index >= 15 is 0 Å². The minimum absolute atomic E-state index is 0.0127. The third-order valence-electron chi connectivity index (χ3n) is 7.30. The predicted molar refractivity (Wildman–Crippen MR) is 178 cm³/mol. The Morgan fingerprint density at radius 3 is 2.36 bits per heavy atom. The van der Waals surface area contributed by atoms with Gasteiger partial charge < -0.3 is 66.0 Å². The minimum Gasteiger partial charge on any atom is -0.612 e. The summed E-state index contributed by atoms with van der Waals surface area (Å²) in [6, 6.07) is 0. The molecule has 7 atom stereocenters. The summed E-state index contributed by atoms with van der Waals surface area (Å²) in [5.74, 6) is -2.94. The fourth-order valence-corrected chi connectivity index (χ4v) is 7.28. The molecular formula is C24H38N8O20P3-. The van der Waals surface area contributed by atoms with Gasteiger partial charge in [0.25, 0.3) is 5.71 Å². The molecule has 55 heavy (non-hydrogen) atoms. The first-order valence-corrected chi connectivity index (χ1v) is 19.9. The highest BCUT2D eigenvalue weighted by Crippen LogP contribution is 2.61. The molecule has 2 aromatic rings. The fraction of sp³-hybridized carbons (Fsp3) is 0.625. The van der Waals surface area contributed by atoms with Crippen molar-refractivity contribution >= 4 is 63.9 Å². The monoisotopic (exact) mass is 851 g/mol. The van der Waals surface area contributed by atoms with Gasteiger partial charge in [-0.3, -0.25) is 27.7 Å². The smallest absolute Gasteiger partial charge is 0.481 e. The van der Waals surface area contributed by atoms with Crippen molar-refractivity contribution in [2.75, 3.05) is 38.6 Å². The van der Waals surface area contributed by atoms with Gasteiger partial charge in [0.05, 0.1) is 26.1 Å². The summed E-state index contributed by atoms with van der Waals surface area (Å²) in [6.45, 7) is 0.342. The number of carbonyl (C=O) groups excluding carboxylic acids is 3. The number of nitrogens with zero attached hydrogens (tertiary/aromatic N) is 5. The summed E-state index contributed by atoms with van der Waals surface area (Å²) >= 11 is 0. The van der Waals surface area contributed by atoms with Crippen molar-refractivity contribution in [1.29, 1.82) is 0 Å². The molecule has 1 aliphatic heterocycles. The highest BCUT2D eigenvalue weighted by Gasteiger charge is 2.50. The summed E-state index contributed by atoms with van der Waals surface area (Å²) in [4.78, 5) is 85.6. The molecule has 0 aliphatic carbocycles. The molecule has 0 radical (unpaired) electrons. The van der Waals surface area contributed by atoms with Crippen LogP contribution in [0.1, 0.15) is 33.4 Å². The predicted octanol–water partition coefficient (Wildman–Crippen LogP) is -2.58. The third kappa shape index (κ3) is 13.2. The summed E-state index contributed by atoms with van der Waals surface area (Å²) in [6.07, 6.45) is -7.26. The number of aliphatic hydroxyl groups is 2. The maximum atomic E-state index is 12.6. The molecule has 1 saturated heterocycles. The van der Waals surface area contributed by atoms with E-state index < -0.39 is 101 Å². The van der Waals surface area contributed by atoms with Crippen molar-refractivity contribution in [2.45, 2.75) is 57.8 Å². The summed E-state index contributed by atoms with van der Waals surface area (Å²) in [5, 5.41) is 46.9. The Morgan fingerprint density at radius 1 is 1.07 bits per heavy atom. The SMILES string of the molecule is CC(C(=O)OCCNC(=O)CCNC(=O)[C@H](O)C(C)(C)COP(=O)(O)OP(=O)(O)OC[C@H]1O[C@@H](n2cnc3c(N)ncnc32)[C@H](O)[C@@H]1OP(=O)(O)O)=[N+]([O-])[O-]. The number of aliphatic hydroxyl groups excluding tert-OH is 2. The molecule has 0 bridgehead atoms. The Morgan fingerprint density at radius 2 is 1.73 bits per heavy atom. The van der Waals surface area contributed by atoms with Gasteiger partial charge in [-0.15, -0.1) is 0 Å². The van der Waals surface area contributed by atoms with Crippen LogP contribution in [0.25, 0.3) is 11.2 Å². The van der Waals surface area contributed by atoms with Crippen LogP contribution in [0.15, 0.2) is 12.7 Å². The molecule has 28 nitrogen and oxygen atoms in total. The lowest BCUT2D eigenvalue weighted by atomic mass is 9.87. The number of carbonyl (C=O) groups is 3. The average molecular weight is 852 g/mol. The number of phosphoric ester groups is 3. The van der Waals surface area contributed by atoms with Crippen molar-refractivity contribution in [3.63, 3.8) is 0 Å². The molecule has 0 aromatic carbocycles. The number of amides is 2. The lowest BCUT2D eigenvalue weighted by molar-refractivity contribution is -0.379. The number of aromatic nitrogens is 4. The van der Waals surface area contributed by atoms with E-state index in [2.05, 4.69) is 39.2 Å². The summed E-state index contributed by atoms with van der Waals surface area (Å²) < 4.78 is 66.4. The maximum absolute atomic E-state index is 12.6. The van der Waals surface area contributed by atoms with E-state index in [1.54, 1.807) is 0 Å². The van der Waals surface area contributed by atoms with Gasteiger partial charge in [0, 0.05) is 25.3 Å². The number of ether oxygens (including phenoxy) is 2. The van der Waals surface area contributed by atoms with E-state index in [0.29, 0.717) is 0 Å². The molecule has 3 rings (SSSR count). The van der Waals surface area contributed by atoms with Crippen LogP contribution in [0.5, 0.6) is 0 Å². The van der Waals surface area contributed by atoms with Crippen LogP contribution in [-0.4, -0.2) is 135 Å². The Bertz CT molecular complexity index is 1890. The zero-order valence-electron chi connectivity index (χ0n) is 28.8. The Labute approximate surface area is 309 Å². The van der Waals surface area contributed by atoms with Gasteiger partial charge in [0.1, 0.15) is 42.9 Å². The number of imidazole rings is 1. The molecule has 0 spiro atoms. The topological polar surface area (TPSA) is 422 Å². The number of phosphoric acid groups is 3. The van der Waals surface area contributed by atoms with Crippen molar-refractivity contribution < 1.29 is 90.1 Å². The van der Waals surface area contributed by atoms with E-state index in [9.17, 15) is 68.3 Å². The Kier molecular flexibility index (Phi) is 15.3. The maximum Gasteiger partial charge on any atom is 0.481 e. The van der Waals surface area contributed by atoms with E-state index in [0.717, 1.165) is 24.1 Å². The van der Waals surface area contributed by atoms with Gasteiger partial charge in [-0.1, -0.05) is 13.8 Å². The lowest BCUT2D eigenvalue weighted by Gasteiger charge is -2.30. The highest BCUT2D eigenvalue weighted by atomic mass is 31.3. The van der Waals surface area contributed by atoms with Crippen LogP contribution in [0.2, 0.25) is 0 Å². The minimum atomic E-state index is -5.60. The molecule has 0 saturated carbocycles. The quantitative estimate of drug-likeness (QED) is 0.0165. The number of hydrogen-bond donors (Lipinski definition) is 9. The van der Waals surface area contributed by atoms with Crippen molar-refractivity contribution in [3.8, 4) is 0 Å². The second kappa shape index (κ2) is 18.5. The van der Waals surface area contributed by atoms with Gasteiger partial charge in [0.15, 0.2) is 17.7 Å². The molecular weight excluding hydrogens is 813 g/mol. The fourth-order valence-electron chi connectivity index (χ4n) is 4.45. The molecule has 1 fully saturated rings. The molecule has 3 heterocycles. The van der Waals surface area contributed by atoms with Crippen LogP contribution in [-0.2, 0) is 55.4 Å². The largest absolute Gasteiger partial charge is 0.612 e. The number of fused-ring (bicyclic) bond motifs is 1. The molecule has 2 amide bonds. The third-order valence-corrected chi connectivity index (χ3v) is 10.4. The van der Waals surface area contributed by atoms with Gasteiger partial charge in [-0.05, 0) is 0 Å². The lowest BCUT2D eigenvalue weighted by Crippen LogP contribution is -2.46. The van der Waals surface area contributed by atoms with Crippen molar-refractivity contribution in [3.05, 3.63) is 23.1 Å². The first-order valence-electron chi connectivity index (χ1n) is 15.4. The first kappa shape index (κ1) is 45.7. The molecule has 2 unspecified atom stereocenters. The van der Waals surface area contributed by atoms with Crippen LogP contribution < -0.4 is 16.4 Å².